The van der Waals surface area contributed by atoms with E-state index >= 15 is 0 Å². The van der Waals surface area contributed by atoms with Gasteiger partial charge in [0.05, 0.1) is 0 Å². The lowest BCUT2D eigenvalue weighted by Gasteiger charge is -2.00. The van der Waals surface area contributed by atoms with Crippen LogP contribution in [0.3, 0.4) is 0 Å². The summed E-state index contributed by atoms with van der Waals surface area (Å²) in [5.74, 6) is -0.857. The summed E-state index contributed by atoms with van der Waals surface area (Å²) in [6.45, 7) is -0.383. The minimum atomic E-state index is -0.626. The van der Waals surface area contributed by atoms with Gasteiger partial charge in [-0.2, -0.15) is 0 Å². The van der Waals surface area contributed by atoms with Crippen LogP contribution in [0, 0.1) is 0 Å². The first-order chi connectivity index (χ1) is 11.6. The number of hydrogen-bond donors (Lipinski definition) is 0. The second kappa shape index (κ2) is 7.15. The highest BCUT2D eigenvalue weighted by atomic mass is 35.5. The van der Waals surface area contributed by atoms with Gasteiger partial charge in [0.15, 0.2) is 12.4 Å². The number of furan rings is 1. The Hall–Kier alpha value is -2.85. The first-order valence-electron chi connectivity index (χ1n) is 7.24. The van der Waals surface area contributed by atoms with E-state index in [0.717, 1.165) is 5.39 Å². The van der Waals surface area contributed by atoms with Crippen LogP contribution in [0.1, 0.15) is 16.1 Å². The lowest BCUT2D eigenvalue weighted by molar-refractivity contribution is -0.136. The van der Waals surface area contributed by atoms with Crippen molar-refractivity contribution < 1.29 is 18.7 Å². The quantitative estimate of drug-likeness (QED) is 0.389. The molecule has 0 amide bonds. The van der Waals surface area contributed by atoms with Crippen LogP contribution < -0.4 is 0 Å². The molecule has 3 rings (SSSR count). The molecule has 5 heteroatoms. The van der Waals surface area contributed by atoms with E-state index in [9.17, 15) is 9.59 Å². The maximum absolute atomic E-state index is 12.0. The molecule has 0 aliphatic carbocycles. The van der Waals surface area contributed by atoms with Crippen LogP contribution in [0.4, 0.5) is 0 Å². The topological polar surface area (TPSA) is 56.5 Å². The number of carbonyl (C=O) groups excluding carboxylic acids is 2. The molecule has 0 N–H and O–H groups in total. The first kappa shape index (κ1) is 16.0. The number of rotatable bonds is 5. The molecule has 2 aromatic carbocycles. The van der Waals surface area contributed by atoms with Crippen molar-refractivity contribution >= 4 is 40.4 Å². The zero-order chi connectivity index (χ0) is 16.9. The van der Waals surface area contributed by atoms with Gasteiger partial charge in [-0.15, -0.1) is 0 Å². The number of hydrogen-bond acceptors (Lipinski definition) is 4. The number of ether oxygens (including phenoxy) is 1. The molecule has 24 heavy (non-hydrogen) atoms. The van der Waals surface area contributed by atoms with Gasteiger partial charge in [-0.05, 0) is 29.8 Å². The highest BCUT2D eigenvalue weighted by Gasteiger charge is 2.13. The predicted octanol–water partition coefficient (Wildman–Crippen LogP) is 4.53. The monoisotopic (exact) mass is 340 g/mol. The van der Waals surface area contributed by atoms with Crippen LogP contribution in [-0.4, -0.2) is 18.4 Å². The summed E-state index contributed by atoms with van der Waals surface area (Å²) in [6.07, 6.45) is 2.77. The van der Waals surface area contributed by atoms with Crippen LogP contribution >= 0.6 is 11.6 Å². The first-order valence-corrected chi connectivity index (χ1v) is 7.62. The average molecular weight is 341 g/mol. The summed E-state index contributed by atoms with van der Waals surface area (Å²) in [4.78, 5) is 23.7. The van der Waals surface area contributed by atoms with E-state index in [1.807, 2.05) is 24.3 Å². The van der Waals surface area contributed by atoms with E-state index in [1.165, 1.54) is 12.2 Å². The molecule has 0 saturated heterocycles. The number of Topliss-reactive ketones (excluding diaryl/α,β-unsaturated/α-hetero) is 1. The van der Waals surface area contributed by atoms with Crippen molar-refractivity contribution in [3.05, 3.63) is 77.0 Å². The third kappa shape index (κ3) is 3.73. The second-order valence-electron chi connectivity index (χ2n) is 5.03. The SMILES string of the molecule is O=C(/C=C/c1ccccc1Cl)OCC(=O)c1cc2ccccc2o1. The van der Waals surface area contributed by atoms with Crippen LogP contribution in [0.2, 0.25) is 5.02 Å². The standard InChI is InChI=1S/C19H13ClO4/c20-15-7-3-1-5-13(15)9-10-19(22)23-12-16(21)18-11-14-6-2-4-8-17(14)24-18/h1-11H,12H2/b10-9+. The molecule has 1 aromatic heterocycles. The number of esters is 1. The molecular weight excluding hydrogens is 328 g/mol. The lowest BCUT2D eigenvalue weighted by atomic mass is 10.2. The van der Waals surface area contributed by atoms with Crippen LogP contribution in [0.15, 0.2) is 65.1 Å². The zero-order valence-electron chi connectivity index (χ0n) is 12.6. The third-order valence-corrected chi connectivity index (χ3v) is 3.69. The van der Waals surface area contributed by atoms with Crippen LogP contribution in [0.5, 0.6) is 0 Å². The third-order valence-electron chi connectivity index (χ3n) is 3.35. The molecule has 0 aliphatic heterocycles. The largest absolute Gasteiger partial charge is 0.454 e. The fourth-order valence-corrected chi connectivity index (χ4v) is 2.34. The maximum Gasteiger partial charge on any atom is 0.331 e. The number of benzene rings is 2. The van der Waals surface area contributed by atoms with E-state index in [0.29, 0.717) is 16.2 Å². The smallest absolute Gasteiger partial charge is 0.331 e. The molecule has 0 aliphatic rings. The van der Waals surface area contributed by atoms with Crippen LogP contribution in [-0.2, 0) is 9.53 Å². The Bertz CT molecular complexity index is 891. The number of halogens is 1. The van der Waals surface area contributed by atoms with Crippen molar-refractivity contribution in [1.29, 1.82) is 0 Å². The van der Waals surface area contributed by atoms with Crippen molar-refractivity contribution in [2.45, 2.75) is 0 Å². The Morgan fingerprint density at radius 3 is 2.62 bits per heavy atom. The van der Waals surface area contributed by atoms with Gasteiger partial charge in [0.2, 0.25) is 5.78 Å². The van der Waals surface area contributed by atoms with Crippen molar-refractivity contribution in [3.63, 3.8) is 0 Å². The number of ketones is 1. The van der Waals surface area contributed by atoms with Crippen molar-refractivity contribution in [2.75, 3.05) is 6.61 Å². The van der Waals surface area contributed by atoms with Crippen molar-refractivity contribution in [1.82, 2.24) is 0 Å². The van der Waals surface area contributed by atoms with E-state index in [2.05, 4.69) is 0 Å². The lowest BCUT2D eigenvalue weighted by Crippen LogP contribution is -2.11. The van der Waals surface area contributed by atoms with Crippen molar-refractivity contribution in [2.24, 2.45) is 0 Å². The summed E-state index contributed by atoms with van der Waals surface area (Å²) < 4.78 is 10.4. The molecule has 0 radical (unpaired) electrons. The summed E-state index contributed by atoms with van der Waals surface area (Å²) in [5.41, 5.74) is 1.31. The molecule has 0 spiro atoms. The maximum atomic E-state index is 12.0. The normalized spacial score (nSPS) is 11.0. The molecule has 120 valence electrons. The van der Waals surface area contributed by atoms with E-state index in [4.69, 9.17) is 20.8 Å². The van der Waals surface area contributed by atoms with E-state index in [-0.39, 0.29) is 12.4 Å². The Morgan fingerprint density at radius 1 is 1.08 bits per heavy atom. The van der Waals surface area contributed by atoms with E-state index < -0.39 is 11.8 Å². The van der Waals surface area contributed by atoms with E-state index in [1.54, 1.807) is 30.3 Å². The molecule has 1 heterocycles. The van der Waals surface area contributed by atoms with Gasteiger partial charge in [0.25, 0.3) is 0 Å². The highest BCUT2D eigenvalue weighted by molar-refractivity contribution is 6.32. The molecule has 0 unspecified atom stereocenters. The fourth-order valence-electron chi connectivity index (χ4n) is 2.14. The zero-order valence-corrected chi connectivity index (χ0v) is 13.3. The van der Waals surface area contributed by atoms with Gasteiger partial charge < -0.3 is 9.15 Å². The molecular formula is C19H13ClO4. The Balaban J connectivity index is 1.59. The van der Waals surface area contributed by atoms with Gasteiger partial charge in [0.1, 0.15) is 5.58 Å². The molecule has 0 saturated carbocycles. The summed E-state index contributed by atoms with van der Waals surface area (Å²) in [6, 6.07) is 16.0. The number of fused-ring (bicyclic) bond motifs is 1. The van der Waals surface area contributed by atoms with Crippen molar-refractivity contribution in [3.8, 4) is 0 Å². The summed E-state index contributed by atoms with van der Waals surface area (Å²) in [7, 11) is 0. The van der Waals surface area contributed by atoms with Gasteiger partial charge in [-0.1, -0.05) is 48.0 Å². The summed E-state index contributed by atoms with van der Waals surface area (Å²) >= 11 is 5.98. The molecule has 0 atom stereocenters. The Kier molecular flexibility index (Phi) is 4.77. The molecule has 0 bridgehead atoms. The second-order valence-corrected chi connectivity index (χ2v) is 5.44. The van der Waals surface area contributed by atoms with Gasteiger partial charge in [-0.25, -0.2) is 4.79 Å². The number of para-hydroxylation sites is 1. The van der Waals surface area contributed by atoms with Gasteiger partial charge >= 0.3 is 5.97 Å². The highest BCUT2D eigenvalue weighted by Crippen LogP contribution is 2.19. The Morgan fingerprint density at radius 2 is 1.83 bits per heavy atom. The fraction of sp³-hybridized carbons (Fsp3) is 0.0526. The van der Waals surface area contributed by atoms with Crippen LogP contribution in [0.25, 0.3) is 17.0 Å². The minimum Gasteiger partial charge on any atom is -0.454 e. The van der Waals surface area contributed by atoms with Gasteiger partial charge in [-0.3, -0.25) is 4.79 Å². The Labute approximate surface area is 143 Å². The molecule has 4 nitrogen and oxygen atoms in total. The van der Waals surface area contributed by atoms with Gasteiger partial charge in [0, 0.05) is 16.5 Å². The molecule has 3 aromatic rings. The number of carbonyl (C=O) groups is 2. The summed E-state index contributed by atoms with van der Waals surface area (Å²) in [5, 5.41) is 1.35. The molecule has 0 fully saturated rings. The predicted molar refractivity (Wildman–Crippen MR) is 92.0 cm³/mol. The average Bonchev–Trinajstić information content (AvgIpc) is 3.03. The minimum absolute atomic E-state index is 0.166.